The minimum absolute atomic E-state index is 0. The molecule has 0 spiro atoms. The first-order chi connectivity index (χ1) is 10.3. The number of rotatable bonds is 6. The summed E-state index contributed by atoms with van der Waals surface area (Å²) < 4.78 is 5.18. The molecular weight excluding hydrogens is 389 g/mol. The van der Waals surface area contributed by atoms with Crippen molar-refractivity contribution in [3.8, 4) is 0 Å². The fourth-order valence-electron chi connectivity index (χ4n) is 2.74. The van der Waals surface area contributed by atoms with E-state index in [1.54, 1.807) is 7.11 Å². The van der Waals surface area contributed by atoms with Crippen molar-refractivity contribution in [1.82, 2.24) is 10.6 Å². The van der Waals surface area contributed by atoms with Crippen LogP contribution in [-0.2, 0) is 17.9 Å². The quantitative estimate of drug-likeness (QED) is 0.424. The molecule has 2 rings (SSSR count). The number of methoxy groups -OCH3 is 1. The van der Waals surface area contributed by atoms with Gasteiger partial charge in [0.15, 0.2) is 5.96 Å². The lowest BCUT2D eigenvalue weighted by molar-refractivity contribution is 0.185. The van der Waals surface area contributed by atoms with Crippen LogP contribution in [0, 0.1) is 0 Å². The topological polar surface area (TPSA) is 45.7 Å². The standard InChI is InChI=1S/C17H27N3O.HI/c1-3-18-17(20-16-9-4-5-10-16)19-12-14-7-6-8-15(11-14)13-21-2;/h6-8,11,16H,3-5,9-10,12-13H2,1-2H3,(H2,18,19,20);1H. The predicted octanol–water partition coefficient (Wildman–Crippen LogP) is 3.45. The van der Waals surface area contributed by atoms with Crippen LogP contribution in [0.25, 0.3) is 0 Å². The Bertz CT molecular complexity index is 459. The van der Waals surface area contributed by atoms with Gasteiger partial charge in [-0.15, -0.1) is 24.0 Å². The van der Waals surface area contributed by atoms with Crippen LogP contribution < -0.4 is 10.6 Å². The lowest BCUT2D eigenvalue weighted by Crippen LogP contribution is -2.42. The van der Waals surface area contributed by atoms with Crippen molar-refractivity contribution < 1.29 is 4.74 Å². The molecule has 124 valence electrons. The molecule has 1 aromatic rings. The van der Waals surface area contributed by atoms with Gasteiger partial charge < -0.3 is 15.4 Å². The Hall–Kier alpha value is -0.820. The Morgan fingerprint density at radius 1 is 1.27 bits per heavy atom. The molecule has 2 N–H and O–H groups in total. The van der Waals surface area contributed by atoms with E-state index < -0.39 is 0 Å². The third-order valence-corrected chi connectivity index (χ3v) is 3.76. The third kappa shape index (κ3) is 6.52. The van der Waals surface area contributed by atoms with Gasteiger partial charge in [-0.3, -0.25) is 0 Å². The number of nitrogens with one attached hydrogen (secondary N) is 2. The predicted molar refractivity (Wildman–Crippen MR) is 103 cm³/mol. The summed E-state index contributed by atoms with van der Waals surface area (Å²) >= 11 is 0. The van der Waals surface area contributed by atoms with E-state index in [-0.39, 0.29) is 24.0 Å². The van der Waals surface area contributed by atoms with Crippen LogP contribution >= 0.6 is 24.0 Å². The molecular formula is C17H28IN3O. The molecule has 0 unspecified atom stereocenters. The minimum Gasteiger partial charge on any atom is -0.380 e. The maximum Gasteiger partial charge on any atom is 0.191 e. The van der Waals surface area contributed by atoms with E-state index in [0.717, 1.165) is 12.5 Å². The van der Waals surface area contributed by atoms with Gasteiger partial charge in [0.2, 0.25) is 0 Å². The lowest BCUT2D eigenvalue weighted by Gasteiger charge is -2.16. The van der Waals surface area contributed by atoms with Crippen molar-refractivity contribution in [3.05, 3.63) is 35.4 Å². The molecule has 1 fully saturated rings. The van der Waals surface area contributed by atoms with Crippen molar-refractivity contribution in [2.24, 2.45) is 4.99 Å². The second kappa shape index (κ2) is 10.8. The van der Waals surface area contributed by atoms with E-state index in [4.69, 9.17) is 9.73 Å². The molecule has 0 atom stereocenters. The van der Waals surface area contributed by atoms with Crippen LogP contribution in [0.3, 0.4) is 0 Å². The Morgan fingerprint density at radius 2 is 2.00 bits per heavy atom. The van der Waals surface area contributed by atoms with Gasteiger partial charge in [0, 0.05) is 19.7 Å². The van der Waals surface area contributed by atoms with E-state index in [2.05, 4.69) is 41.8 Å². The molecule has 1 aliphatic rings. The number of hydrogen-bond acceptors (Lipinski definition) is 2. The maximum atomic E-state index is 5.18. The molecule has 0 bridgehead atoms. The van der Waals surface area contributed by atoms with Gasteiger partial charge in [-0.1, -0.05) is 37.1 Å². The SMILES string of the molecule is CCNC(=NCc1cccc(COC)c1)NC1CCCC1.I. The largest absolute Gasteiger partial charge is 0.380 e. The molecule has 0 radical (unpaired) electrons. The molecule has 5 heteroatoms. The molecule has 0 aromatic heterocycles. The van der Waals surface area contributed by atoms with Crippen LogP contribution in [0.2, 0.25) is 0 Å². The van der Waals surface area contributed by atoms with Gasteiger partial charge in [0.05, 0.1) is 13.2 Å². The number of halogens is 1. The van der Waals surface area contributed by atoms with Gasteiger partial charge in [0.25, 0.3) is 0 Å². The first kappa shape index (κ1) is 19.2. The number of guanidine groups is 1. The number of aliphatic imine (C=N–C) groups is 1. The number of nitrogens with zero attached hydrogens (tertiary/aromatic N) is 1. The van der Waals surface area contributed by atoms with Gasteiger partial charge in [-0.2, -0.15) is 0 Å². The molecule has 1 aromatic carbocycles. The smallest absolute Gasteiger partial charge is 0.191 e. The summed E-state index contributed by atoms with van der Waals surface area (Å²) in [5.41, 5.74) is 2.41. The summed E-state index contributed by atoms with van der Waals surface area (Å²) in [5.74, 6) is 0.932. The Labute approximate surface area is 151 Å². The second-order valence-electron chi connectivity index (χ2n) is 5.57. The Balaban J connectivity index is 0.00000242. The highest BCUT2D eigenvalue weighted by molar-refractivity contribution is 14.0. The van der Waals surface area contributed by atoms with Gasteiger partial charge in [-0.25, -0.2) is 4.99 Å². The average molecular weight is 417 g/mol. The van der Waals surface area contributed by atoms with E-state index in [1.165, 1.54) is 36.8 Å². The Morgan fingerprint density at radius 3 is 2.68 bits per heavy atom. The first-order valence-corrected chi connectivity index (χ1v) is 7.93. The van der Waals surface area contributed by atoms with E-state index in [0.29, 0.717) is 19.2 Å². The van der Waals surface area contributed by atoms with Crippen LogP contribution in [-0.4, -0.2) is 25.7 Å². The minimum atomic E-state index is 0. The number of hydrogen-bond donors (Lipinski definition) is 2. The van der Waals surface area contributed by atoms with E-state index in [1.807, 2.05) is 0 Å². The zero-order chi connectivity index (χ0) is 14.9. The lowest BCUT2D eigenvalue weighted by atomic mass is 10.1. The summed E-state index contributed by atoms with van der Waals surface area (Å²) in [4.78, 5) is 4.70. The average Bonchev–Trinajstić information content (AvgIpc) is 2.99. The summed E-state index contributed by atoms with van der Waals surface area (Å²) in [6, 6.07) is 9.01. The molecule has 1 saturated carbocycles. The van der Waals surface area contributed by atoms with Gasteiger partial charge in [-0.05, 0) is 30.9 Å². The third-order valence-electron chi connectivity index (χ3n) is 3.76. The highest BCUT2D eigenvalue weighted by atomic mass is 127. The first-order valence-electron chi connectivity index (χ1n) is 7.93. The zero-order valence-electron chi connectivity index (χ0n) is 13.6. The molecule has 22 heavy (non-hydrogen) atoms. The normalized spacial score (nSPS) is 15.5. The van der Waals surface area contributed by atoms with Crippen molar-refractivity contribution >= 4 is 29.9 Å². The van der Waals surface area contributed by atoms with Crippen LogP contribution in [0.1, 0.15) is 43.7 Å². The Kier molecular flexibility index (Phi) is 9.47. The zero-order valence-corrected chi connectivity index (χ0v) is 15.9. The van der Waals surface area contributed by atoms with Crippen molar-refractivity contribution in [3.63, 3.8) is 0 Å². The summed E-state index contributed by atoms with van der Waals surface area (Å²) in [5, 5.41) is 6.87. The summed E-state index contributed by atoms with van der Waals surface area (Å²) in [7, 11) is 1.72. The second-order valence-corrected chi connectivity index (χ2v) is 5.57. The monoisotopic (exact) mass is 417 g/mol. The molecule has 0 saturated heterocycles. The fraction of sp³-hybridized carbons (Fsp3) is 0.588. The fourth-order valence-corrected chi connectivity index (χ4v) is 2.74. The molecule has 0 amide bonds. The van der Waals surface area contributed by atoms with Gasteiger partial charge >= 0.3 is 0 Å². The molecule has 1 aliphatic carbocycles. The summed E-state index contributed by atoms with van der Waals surface area (Å²) in [6.07, 6.45) is 5.17. The van der Waals surface area contributed by atoms with Crippen molar-refractivity contribution in [2.75, 3.05) is 13.7 Å². The van der Waals surface area contributed by atoms with E-state index >= 15 is 0 Å². The van der Waals surface area contributed by atoms with Crippen LogP contribution in [0.15, 0.2) is 29.3 Å². The number of ether oxygens (including phenoxy) is 1. The van der Waals surface area contributed by atoms with E-state index in [9.17, 15) is 0 Å². The molecule has 0 aliphatic heterocycles. The molecule has 0 heterocycles. The van der Waals surface area contributed by atoms with Crippen molar-refractivity contribution in [2.45, 2.75) is 51.8 Å². The number of benzene rings is 1. The highest BCUT2D eigenvalue weighted by Gasteiger charge is 2.15. The van der Waals surface area contributed by atoms with Crippen molar-refractivity contribution in [1.29, 1.82) is 0 Å². The molecule has 4 nitrogen and oxygen atoms in total. The van der Waals surface area contributed by atoms with Crippen LogP contribution in [0.5, 0.6) is 0 Å². The highest BCUT2D eigenvalue weighted by Crippen LogP contribution is 2.17. The maximum absolute atomic E-state index is 5.18. The van der Waals surface area contributed by atoms with Crippen LogP contribution in [0.4, 0.5) is 0 Å². The summed E-state index contributed by atoms with van der Waals surface area (Å²) in [6.45, 7) is 4.34. The van der Waals surface area contributed by atoms with Gasteiger partial charge in [0.1, 0.15) is 0 Å².